The number of furan rings is 1. The summed E-state index contributed by atoms with van der Waals surface area (Å²) in [4.78, 5) is 2.34. The number of ether oxygens (including phenoxy) is 1. The Labute approximate surface area is 452 Å². The second kappa shape index (κ2) is 17.4. The number of benzene rings is 13. The molecule has 1 aliphatic carbocycles. The van der Waals surface area contributed by atoms with Crippen LogP contribution in [0.5, 0.6) is 11.5 Å². The number of hydrogen-bond donors (Lipinski definition) is 0. The predicted octanol–water partition coefficient (Wildman–Crippen LogP) is 20.5. The molecule has 0 amide bonds. The van der Waals surface area contributed by atoms with Crippen molar-refractivity contribution in [3.8, 4) is 67.1 Å². The van der Waals surface area contributed by atoms with Gasteiger partial charge in [-0.15, -0.1) is 0 Å². The monoisotopic (exact) mass is 993 g/mol. The first-order valence-corrected chi connectivity index (χ1v) is 26.8. The average molecular weight is 994 g/mol. The van der Waals surface area contributed by atoms with Gasteiger partial charge in [0, 0.05) is 49.7 Å². The third-order valence-corrected chi connectivity index (χ3v) is 16.6. The summed E-state index contributed by atoms with van der Waals surface area (Å²) in [6.45, 7) is 0. The lowest BCUT2D eigenvalue weighted by Gasteiger charge is -2.40. The summed E-state index contributed by atoms with van der Waals surface area (Å²) in [5, 5.41) is 6.82. The molecule has 2 heterocycles. The maximum atomic E-state index is 7.21. The van der Waals surface area contributed by atoms with Crippen molar-refractivity contribution in [2.75, 3.05) is 4.90 Å². The second-order valence-corrected chi connectivity index (χ2v) is 20.7. The molecule has 16 rings (SSSR count). The van der Waals surface area contributed by atoms with Gasteiger partial charge >= 0.3 is 0 Å². The van der Waals surface area contributed by atoms with E-state index in [2.05, 4.69) is 278 Å². The zero-order chi connectivity index (χ0) is 51.3. The fraction of sp³-hybridized carbons (Fsp3) is 0.0133. The molecule has 0 atom stereocenters. The van der Waals surface area contributed by atoms with Crippen LogP contribution in [0.3, 0.4) is 0 Å². The first kappa shape index (κ1) is 44.1. The molecule has 0 N–H and O–H groups in total. The van der Waals surface area contributed by atoms with E-state index in [0.717, 1.165) is 94.3 Å². The first-order valence-electron chi connectivity index (χ1n) is 26.8. The van der Waals surface area contributed by atoms with Gasteiger partial charge in [-0.3, -0.25) is 0 Å². The van der Waals surface area contributed by atoms with Crippen molar-refractivity contribution in [1.29, 1.82) is 0 Å². The summed E-state index contributed by atoms with van der Waals surface area (Å²) in [6, 6.07) is 104. The van der Waals surface area contributed by atoms with E-state index in [4.69, 9.17) is 9.15 Å². The van der Waals surface area contributed by atoms with E-state index >= 15 is 0 Å². The smallest absolute Gasteiger partial charge is 0.140 e. The molecular weight excluding hydrogens is 947 g/mol. The summed E-state index contributed by atoms with van der Waals surface area (Å²) in [7, 11) is 0. The largest absolute Gasteiger partial charge is 0.456 e. The maximum Gasteiger partial charge on any atom is 0.140 e. The van der Waals surface area contributed by atoms with Gasteiger partial charge in [0.2, 0.25) is 0 Å². The fourth-order valence-corrected chi connectivity index (χ4v) is 12.8. The second-order valence-electron chi connectivity index (χ2n) is 20.7. The van der Waals surface area contributed by atoms with Gasteiger partial charge in [0.15, 0.2) is 0 Å². The van der Waals surface area contributed by atoms with Crippen molar-refractivity contribution in [2.45, 2.75) is 5.41 Å². The van der Waals surface area contributed by atoms with E-state index in [1.54, 1.807) is 0 Å². The van der Waals surface area contributed by atoms with Crippen molar-refractivity contribution in [1.82, 2.24) is 0 Å². The van der Waals surface area contributed by atoms with Gasteiger partial charge in [-0.1, -0.05) is 224 Å². The average Bonchev–Trinajstić information content (AvgIpc) is 4.15. The molecule has 3 heteroatoms. The number of hydrogen-bond acceptors (Lipinski definition) is 3. The number of para-hydroxylation sites is 1. The Hall–Kier alpha value is -10.2. The van der Waals surface area contributed by atoms with Crippen molar-refractivity contribution < 1.29 is 9.15 Å². The van der Waals surface area contributed by atoms with E-state index in [-0.39, 0.29) is 0 Å². The highest BCUT2D eigenvalue weighted by Gasteiger charge is 2.52. The van der Waals surface area contributed by atoms with E-state index in [0.29, 0.717) is 0 Å². The molecule has 0 saturated heterocycles. The molecule has 13 aromatic carbocycles. The van der Waals surface area contributed by atoms with Gasteiger partial charge in [-0.25, -0.2) is 0 Å². The topological polar surface area (TPSA) is 25.6 Å². The Bertz CT molecular complexity index is 4580. The molecule has 364 valence electrons. The Morgan fingerprint density at radius 2 is 0.679 bits per heavy atom. The van der Waals surface area contributed by atoms with Crippen molar-refractivity contribution in [3.63, 3.8) is 0 Å². The van der Waals surface area contributed by atoms with Gasteiger partial charge in [0.25, 0.3) is 0 Å². The van der Waals surface area contributed by atoms with E-state index in [1.807, 2.05) is 12.1 Å². The Kier molecular flexibility index (Phi) is 9.85. The lowest BCUT2D eigenvalue weighted by atomic mass is 9.65. The molecule has 0 bridgehead atoms. The van der Waals surface area contributed by atoms with Crippen molar-refractivity contribution >= 4 is 60.5 Å². The van der Waals surface area contributed by atoms with E-state index in [1.165, 1.54) is 55.6 Å². The van der Waals surface area contributed by atoms with Crippen LogP contribution >= 0.6 is 0 Å². The van der Waals surface area contributed by atoms with Gasteiger partial charge in [0.05, 0.1) is 5.41 Å². The minimum absolute atomic E-state index is 0.605. The predicted molar refractivity (Wildman–Crippen MR) is 323 cm³/mol. The summed E-state index contributed by atoms with van der Waals surface area (Å²) in [6.07, 6.45) is 0. The highest BCUT2D eigenvalue weighted by atomic mass is 16.5. The fourth-order valence-electron chi connectivity index (χ4n) is 12.8. The molecule has 1 spiro atoms. The van der Waals surface area contributed by atoms with Gasteiger partial charge in [0.1, 0.15) is 22.7 Å². The van der Waals surface area contributed by atoms with Crippen LogP contribution in [0.4, 0.5) is 17.1 Å². The number of nitrogens with zero attached hydrogens (tertiary/aromatic N) is 1. The van der Waals surface area contributed by atoms with Crippen LogP contribution in [0, 0.1) is 0 Å². The van der Waals surface area contributed by atoms with Crippen molar-refractivity contribution in [3.05, 3.63) is 307 Å². The van der Waals surface area contributed by atoms with Gasteiger partial charge in [-0.05, 0) is 138 Å². The Morgan fingerprint density at radius 1 is 0.256 bits per heavy atom. The summed E-state index contributed by atoms with van der Waals surface area (Å²) in [5.74, 6) is 1.85. The minimum atomic E-state index is -0.605. The lowest BCUT2D eigenvalue weighted by Crippen LogP contribution is -2.32. The summed E-state index contributed by atoms with van der Waals surface area (Å²) in [5.41, 5.74) is 21.2. The molecule has 1 aliphatic heterocycles. The molecule has 14 aromatic rings. The standard InChI is InChI=1S/C75H47NO2/c1-2-12-48(13-3-1)50-26-36-58(37-27-50)76(60-40-30-53(31-41-60)56-35-45-72-66(46-56)65-19-9-11-21-71(65)77-72)59-38-28-51(29-39-59)49-22-24-52(25-23-49)57-32-42-64-63-18-8-10-20-67(63)75(70(64)47-57)68-43-33-54-14-4-6-16-61(54)73(68)78-74-62-17-7-5-15-55(62)34-44-69(74)75/h1-47H. The van der Waals surface area contributed by atoms with Crippen LogP contribution in [0.15, 0.2) is 290 Å². The zero-order valence-electron chi connectivity index (χ0n) is 42.4. The van der Waals surface area contributed by atoms with Crippen LogP contribution < -0.4 is 9.64 Å². The molecule has 0 fully saturated rings. The SMILES string of the molecule is c1ccc(-c2ccc(N(c3ccc(-c4ccc(-c5ccc6c(c5)C5(c7ccccc7-6)c6ccc7ccccc7c6Oc6c5ccc5ccccc65)cc4)cc3)c3ccc(-c4ccc5oc6ccccc6c5c4)cc3)cc2)cc1. The maximum absolute atomic E-state index is 7.21. The quantitative estimate of drug-likeness (QED) is 0.159. The van der Waals surface area contributed by atoms with Crippen LogP contribution in [-0.2, 0) is 5.41 Å². The van der Waals surface area contributed by atoms with Crippen LogP contribution in [0.1, 0.15) is 22.3 Å². The highest BCUT2D eigenvalue weighted by molar-refractivity contribution is 6.06. The van der Waals surface area contributed by atoms with Crippen LogP contribution in [0.25, 0.3) is 99.1 Å². The molecule has 0 radical (unpaired) electrons. The molecule has 2 aliphatic rings. The molecule has 3 nitrogen and oxygen atoms in total. The molecule has 1 aromatic heterocycles. The minimum Gasteiger partial charge on any atom is -0.456 e. The zero-order valence-corrected chi connectivity index (χ0v) is 42.4. The first-order chi connectivity index (χ1) is 38.6. The molecule has 0 saturated carbocycles. The Balaban J connectivity index is 0.756. The number of anilines is 3. The third kappa shape index (κ3) is 6.78. The molecule has 0 unspecified atom stereocenters. The highest BCUT2D eigenvalue weighted by Crippen LogP contribution is 2.64. The number of fused-ring (bicyclic) bond motifs is 16. The third-order valence-electron chi connectivity index (χ3n) is 16.6. The van der Waals surface area contributed by atoms with Gasteiger partial charge < -0.3 is 14.1 Å². The van der Waals surface area contributed by atoms with Crippen LogP contribution in [-0.4, -0.2) is 0 Å². The normalized spacial score (nSPS) is 12.8. The Morgan fingerprint density at radius 3 is 1.28 bits per heavy atom. The summed E-state index contributed by atoms with van der Waals surface area (Å²) < 4.78 is 13.4. The lowest BCUT2D eigenvalue weighted by molar-refractivity contribution is 0.447. The van der Waals surface area contributed by atoms with Crippen molar-refractivity contribution in [2.24, 2.45) is 0 Å². The van der Waals surface area contributed by atoms with Gasteiger partial charge in [-0.2, -0.15) is 0 Å². The van der Waals surface area contributed by atoms with Crippen LogP contribution in [0.2, 0.25) is 0 Å². The molecule has 78 heavy (non-hydrogen) atoms. The number of rotatable bonds is 7. The van der Waals surface area contributed by atoms with E-state index < -0.39 is 5.41 Å². The molecular formula is C75H47NO2. The summed E-state index contributed by atoms with van der Waals surface area (Å²) >= 11 is 0. The van der Waals surface area contributed by atoms with E-state index in [9.17, 15) is 0 Å².